The smallest absolute Gasteiger partial charge is 0.262 e. The van der Waals surface area contributed by atoms with Crippen molar-refractivity contribution in [2.75, 3.05) is 11.9 Å². The number of H-pyrrole nitrogens is 1. The quantitative estimate of drug-likeness (QED) is 0.407. The molecule has 28 heavy (non-hydrogen) atoms. The molecule has 0 aliphatic heterocycles. The Kier molecular flexibility index (Phi) is 5.32. The molecule has 0 radical (unpaired) electrons. The van der Waals surface area contributed by atoms with Crippen LogP contribution in [0.3, 0.4) is 0 Å². The van der Waals surface area contributed by atoms with E-state index in [1.54, 1.807) is 12.1 Å². The summed E-state index contributed by atoms with van der Waals surface area (Å²) < 4.78 is 6.43. The lowest BCUT2D eigenvalue weighted by atomic mass is 10.2. The summed E-state index contributed by atoms with van der Waals surface area (Å²) in [6.45, 7) is -0.0618. The Hall–Kier alpha value is -2.83. The number of carbonyl (C=O) groups is 1. The summed E-state index contributed by atoms with van der Waals surface area (Å²) in [6.07, 6.45) is 0. The van der Waals surface area contributed by atoms with Gasteiger partial charge in [0.15, 0.2) is 6.61 Å². The maximum atomic E-state index is 12.1. The van der Waals surface area contributed by atoms with Gasteiger partial charge in [-0.15, -0.1) is 0 Å². The molecule has 0 unspecified atom stereocenters. The monoisotopic (exact) mass is 455 g/mol. The molecule has 4 aromatic rings. The van der Waals surface area contributed by atoms with Crippen molar-refractivity contribution in [3.05, 3.63) is 76.2 Å². The Morgan fingerprint density at radius 1 is 1.07 bits per heavy atom. The topological polar surface area (TPSA) is 67.0 Å². The molecule has 0 bridgehead atoms. The van der Waals surface area contributed by atoms with Crippen LogP contribution in [0.5, 0.6) is 5.75 Å². The average Bonchev–Trinajstić information content (AvgIpc) is 3.11. The number of hydrogen-bond donors (Lipinski definition) is 2. The van der Waals surface area contributed by atoms with Gasteiger partial charge in [-0.3, -0.25) is 4.79 Å². The van der Waals surface area contributed by atoms with Crippen LogP contribution < -0.4 is 10.1 Å². The van der Waals surface area contributed by atoms with Gasteiger partial charge in [-0.25, -0.2) is 4.98 Å². The summed E-state index contributed by atoms with van der Waals surface area (Å²) in [4.78, 5) is 19.9. The van der Waals surface area contributed by atoms with E-state index in [4.69, 9.17) is 16.3 Å². The highest BCUT2D eigenvalue weighted by Gasteiger charge is 2.08. The molecule has 2 N–H and O–H groups in total. The number of nitrogens with one attached hydrogen (secondary N) is 2. The summed E-state index contributed by atoms with van der Waals surface area (Å²) >= 11 is 9.37. The minimum absolute atomic E-state index is 0.0618. The first-order chi connectivity index (χ1) is 13.6. The molecule has 1 aromatic heterocycles. The third-order valence-corrected chi connectivity index (χ3v) is 4.83. The number of carbonyl (C=O) groups excluding carboxylic acids is 1. The molecule has 0 aliphatic rings. The Morgan fingerprint density at radius 2 is 1.82 bits per heavy atom. The second-order valence-electron chi connectivity index (χ2n) is 6.12. The van der Waals surface area contributed by atoms with Gasteiger partial charge in [0, 0.05) is 20.7 Å². The molecule has 140 valence electrons. The second-order valence-corrected chi connectivity index (χ2v) is 7.47. The highest BCUT2D eigenvalue weighted by atomic mass is 79.9. The van der Waals surface area contributed by atoms with E-state index < -0.39 is 0 Å². The molecule has 0 spiro atoms. The van der Waals surface area contributed by atoms with Crippen molar-refractivity contribution < 1.29 is 9.53 Å². The molecular formula is C21H15BrClN3O2. The van der Waals surface area contributed by atoms with Crippen LogP contribution in [0.2, 0.25) is 5.02 Å². The molecular weight excluding hydrogens is 442 g/mol. The zero-order valence-electron chi connectivity index (χ0n) is 14.6. The Bertz CT molecular complexity index is 1120. The number of hydrogen-bond acceptors (Lipinski definition) is 3. The molecule has 0 atom stereocenters. The SMILES string of the molecule is O=C(COc1ccc(Br)cc1)Nc1ccc(-c2nc3ccc(Cl)cc3[nH]2)cc1. The third-order valence-electron chi connectivity index (χ3n) is 4.07. The number of rotatable bonds is 5. The van der Waals surface area contributed by atoms with Gasteiger partial charge in [-0.05, 0) is 66.7 Å². The highest BCUT2D eigenvalue weighted by molar-refractivity contribution is 9.10. The molecule has 4 rings (SSSR count). The summed E-state index contributed by atoms with van der Waals surface area (Å²) in [6, 6.07) is 20.3. The van der Waals surface area contributed by atoms with Gasteiger partial charge in [0.1, 0.15) is 11.6 Å². The fourth-order valence-electron chi connectivity index (χ4n) is 2.71. The summed E-state index contributed by atoms with van der Waals surface area (Å²) in [5.41, 5.74) is 3.33. The fourth-order valence-corrected chi connectivity index (χ4v) is 3.14. The van der Waals surface area contributed by atoms with Crippen molar-refractivity contribution in [2.45, 2.75) is 0 Å². The predicted octanol–water partition coefficient (Wildman–Crippen LogP) is 5.66. The molecule has 3 aromatic carbocycles. The lowest BCUT2D eigenvalue weighted by Crippen LogP contribution is -2.20. The third kappa shape index (κ3) is 4.35. The summed E-state index contributed by atoms with van der Waals surface area (Å²) in [5.74, 6) is 1.15. The minimum atomic E-state index is -0.228. The van der Waals surface area contributed by atoms with Crippen LogP contribution in [0.1, 0.15) is 0 Å². The van der Waals surface area contributed by atoms with E-state index in [2.05, 4.69) is 31.2 Å². The molecule has 0 saturated carbocycles. The van der Waals surface area contributed by atoms with Crippen molar-refractivity contribution in [1.29, 1.82) is 0 Å². The first-order valence-electron chi connectivity index (χ1n) is 8.51. The number of halogens is 2. The molecule has 0 saturated heterocycles. The second kappa shape index (κ2) is 8.04. The standard InChI is InChI=1S/C21H15BrClN3O2/c22-14-3-8-17(9-4-14)28-12-20(27)24-16-6-1-13(2-7-16)21-25-18-10-5-15(23)11-19(18)26-21/h1-11H,12H2,(H,24,27)(H,25,26). The maximum absolute atomic E-state index is 12.1. The minimum Gasteiger partial charge on any atom is -0.484 e. The normalized spacial score (nSPS) is 10.8. The van der Waals surface area contributed by atoms with E-state index in [1.165, 1.54) is 0 Å². The fraction of sp³-hybridized carbons (Fsp3) is 0.0476. The first kappa shape index (κ1) is 18.5. The molecule has 0 fully saturated rings. The van der Waals surface area contributed by atoms with E-state index in [-0.39, 0.29) is 12.5 Å². The van der Waals surface area contributed by atoms with Gasteiger partial charge in [0.2, 0.25) is 0 Å². The molecule has 0 aliphatic carbocycles. The number of aromatic nitrogens is 2. The van der Waals surface area contributed by atoms with Crippen LogP contribution in [0.4, 0.5) is 5.69 Å². The van der Waals surface area contributed by atoms with E-state index in [0.717, 1.165) is 26.9 Å². The van der Waals surface area contributed by atoms with Crippen molar-refractivity contribution in [1.82, 2.24) is 9.97 Å². The van der Waals surface area contributed by atoms with Crippen molar-refractivity contribution >= 4 is 50.2 Å². The van der Waals surface area contributed by atoms with Crippen LogP contribution in [0, 0.1) is 0 Å². The van der Waals surface area contributed by atoms with E-state index in [1.807, 2.05) is 54.6 Å². The maximum Gasteiger partial charge on any atom is 0.262 e. The Morgan fingerprint density at radius 3 is 2.57 bits per heavy atom. The van der Waals surface area contributed by atoms with E-state index in [0.29, 0.717) is 16.5 Å². The van der Waals surface area contributed by atoms with E-state index in [9.17, 15) is 4.79 Å². The van der Waals surface area contributed by atoms with Gasteiger partial charge < -0.3 is 15.0 Å². The number of benzene rings is 3. The molecule has 7 heteroatoms. The zero-order valence-corrected chi connectivity index (χ0v) is 16.9. The lowest BCUT2D eigenvalue weighted by Gasteiger charge is -2.08. The number of aromatic amines is 1. The van der Waals surface area contributed by atoms with Crippen molar-refractivity contribution in [2.24, 2.45) is 0 Å². The summed E-state index contributed by atoms with van der Waals surface area (Å²) in [7, 11) is 0. The zero-order chi connectivity index (χ0) is 19.5. The van der Waals surface area contributed by atoms with Gasteiger partial charge in [-0.1, -0.05) is 27.5 Å². The predicted molar refractivity (Wildman–Crippen MR) is 115 cm³/mol. The number of fused-ring (bicyclic) bond motifs is 1. The van der Waals surface area contributed by atoms with Crippen LogP contribution in [0.25, 0.3) is 22.4 Å². The van der Waals surface area contributed by atoms with Gasteiger partial charge >= 0.3 is 0 Å². The summed E-state index contributed by atoms with van der Waals surface area (Å²) in [5, 5.41) is 3.47. The van der Waals surface area contributed by atoms with Crippen LogP contribution >= 0.6 is 27.5 Å². The van der Waals surface area contributed by atoms with Crippen molar-refractivity contribution in [3.63, 3.8) is 0 Å². The van der Waals surface area contributed by atoms with Gasteiger partial charge in [0.25, 0.3) is 5.91 Å². The lowest BCUT2D eigenvalue weighted by molar-refractivity contribution is -0.118. The number of ether oxygens (including phenoxy) is 1. The Labute approximate surface area is 174 Å². The number of imidazole rings is 1. The van der Waals surface area contributed by atoms with E-state index >= 15 is 0 Å². The molecule has 1 amide bonds. The number of anilines is 1. The van der Waals surface area contributed by atoms with Crippen LogP contribution in [0.15, 0.2) is 71.2 Å². The highest BCUT2D eigenvalue weighted by Crippen LogP contribution is 2.24. The first-order valence-corrected chi connectivity index (χ1v) is 9.68. The van der Waals surface area contributed by atoms with Crippen molar-refractivity contribution in [3.8, 4) is 17.1 Å². The number of nitrogens with zero attached hydrogens (tertiary/aromatic N) is 1. The largest absolute Gasteiger partial charge is 0.484 e. The van der Waals surface area contributed by atoms with Crippen LogP contribution in [-0.2, 0) is 4.79 Å². The average molecular weight is 457 g/mol. The van der Waals surface area contributed by atoms with Gasteiger partial charge in [0.05, 0.1) is 11.0 Å². The molecule has 5 nitrogen and oxygen atoms in total. The number of amides is 1. The molecule has 1 heterocycles. The van der Waals surface area contributed by atoms with Gasteiger partial charge in [-0.2, -0.15) is 0 Å². The van der Waals surface area contributed by atoms with Crippen LogP contribution in [-0.4, -0.2) is 22.5 Å². The Balaban J connectivity index is 1.39.